The summed E-state index contributed by atoms with van der Waals surface area (Å²) >= 11 is 0. The quantitative estimate of drug-likeness (QED) is 0.669. The first kappa shape index (κ1) is 20.2. The fourth-order valence-electron chi connectivity index (χ4n) is 3.57. The predicted octanol–water partition coefficient (Wildman–Crippen LogP) is 4.81. The van der Waals surface area contributed by atoms with Crippen LogP contribution in [0.4, 0.5) is 0 Å². The Morgan fingerprint density at radius 1 is 1.08 bits per heavy atom. The highest BCUT2D eigenvalue weighted by molar-refractivity contribution is 5.36. The van der Waals surface area contributed by atoms with Gasteiger partial charge < -0.3 is 4.74 Å². The molecule has 0 amide bonds. The van der Waals surface area contributed by atoms with E-state index in [0.717, 1.165) is 12.5 Å². The van der Waals surface area contributed by atoms with Crippen molar-refractivity contribution in [1.82, 2.24) is 4.90 Å². The number of likely N-dealkylation sites (tertiary alicyclic amines) is 1. The Balaban J connectivity index is 0.000000431. The summed E-state index contributed by atoms with van der Waals surface area (Å²) in [5.41, 5.74) is 4.58. The number of hydrogen-bond acceptors (Lipinski definition) is 3. The van der Waals surface area contributed by atoms with Crippen molar-refractivity contribution in [3.63, 3.8) is 0 Å². The van der Waals surface area contributed by atoms with Crippen molar-refractivity contribution in [2.75, 3.05) is 19.7 Å². The van der Waals surface area contributed by atoms with Gasteiger partial charge in [0.2, 0.25) is 0 Å². The zero-order chi connectivity index (χ0) is 18.6. The number of benzene rings is 2. The molecule has 0 aromatic heterocycles. The van der Waals surface area contributed by atoms with Crippen LogP contribution in [0, 0.1) is 0 Å². The van der Waals surface area contributed by atoms with Crippen LogP contribution >= 0.6 is 0 Å². The normalized spacial score (nSPS) is 16.6. The molecule has 1 atom stereocenters. The Morgan fingerprint density at radius 3 is 2.46 bits per heavy atom. The van der Waals surface area contributed by atoms with Gasteiger partial charge in [-0.15, -0.1) is 0 Å². The van der Waals surface area contributed by atoms with Gasteiger partial charge in [-0.2, -0.15) is 0 Å². The molecular weight excluding hydrogens is 322 g/mol. The average molecular weight is 354 g/mol. The van der Waals surface area contributed by atoms with Crippen molar-refractivity contribution >= 4 is 6.47 Å². The van der Waals surface area contributed by atoms with Gasteiger partial charge in [-0.3, -0.25) is 9.69 Å². The summed E-state index contributed by atoms with van der Waals surface area (Å²) in [5.74, 6) is 0.719. The molecule has 1 heterocycles. The van der Waals surface area contributed by atoms with Crippen LogP contribution in [0.5, 0.6) is 0 Å². The largest absolute Gasteiger partial charge is 0.468 e. The van der Waals surface area contributed by atoms with E-state index in [4.69, 9.17) is 0 Å². The SMILES string of the molecule is CCCc1ccccc1C1CCN(Cc2ccccc2)C1.CCOC=O. The maximum absolute atomic E-state index is 9.18. The minimum Gasteiger partial charge on any atom is -0.468 e. The molecule has 0 N–H and O–H groups in total. The first-order valence-corrected chi connectivity index (χ1v) is 9.67. The highest BCUT2D eigenvalue weighted by Crippen LogP contribution is 2.30. The molecule has 1 unspecified atom stereocenters. The van der Waals surface area contributed by atoms with Crippen molar-refractivity contribution in [1.29, 1.82) is 0 Å². The smallest absolute Gasteiger partial charge is 0.293 e. The van der Waals surface area contributed by atoms with Crippen molar-refractivity contribution in [3.05, 3.63) is 71.3 Å². The lowest BCUT2D eigenvalue weighted by Crippen LogP contribution is -2.19. The molecule has 3 nitrogen and oxygen atoms in total. The molecule has 2 aromatic rings. The van der Waals surface area contributed by atoms with Crippen LogP contribution in [0.2, 0.25) is 0 Å². The molecule has 0 saturated carbocycles. The number of aryl methyl sites for hydroxylation is 1. The third-order valence-electron chi connectivity index (χ3n) is 4.77. The average Bonchev–Trinajstić information content (AvgIpc) is 3.13. The molecular formula is C23H31NO2. The number of ether oxygens (including phenoxy) is 1. The topological polar surface area (TPSA) is 29.5 Å². The Kier molecular flexibility index (Phi) is 8.91. The first-order valence-electron chi connectivity index (χ1n) is 9.67. The number of carbonyl (C=O) groups excluding carboxylic acids is 1. The molecule has 140 valence electrons. The van der Waals surface area contributed by atoms with E-state index in [1.54, 1.807) is 18.1 Å². The maximum atomic E-state index is 9.18. The number of rotatable bonds is 7. The van der Waals surface area contributed by atoms with Gasteiger partial charge in [-0.1, -0.05) is 67.9 Å². The van der Waals surface area contributed by atoms with Gasteiger partial charge >= 0.3 is 0 Å². The van der Waals surface area contributed by atoms with Crippen LogP contribution < -0.4 is 0 Å². The minimum atomic E-state index is 0.431. The van der Waals surface area contributed by atoms with E-state index < -0.39 is 0 Å². The van der Waals surface area contributed by atoms with Crippen LogP contribution in [-0.2, 0) is 22.5 Å². The third kappa shape index (κ3) is 6.30. The van der Waals surface area contributed by atoms with Crippen molar-refractivity contribution in [2.24, 2.45) is 0 Å². The van der Waals surface area contributed by atoms with Gasteiger partial charge in [0, 0.05) is 13.1 Å². The molecule has 3 rings (SSSR count). The van der Waals surface area contributed by atoms with E-state index in [2.05, 4.69) is 71.2 Å². The van der Waals surface area contributed by atoms with Crippen LogP contribution in [0.3, 0.4) is 0 Å². The molecule has 0 bridgehead atoms. The maximum Gasteiger partial charge on any atom is 0.293 e. The third-order valence-corrected chi connectivity index (χ3v) is 4.77. The van der Waals surface area contributed by atoms with Gasteiger partial charge in [0.05, 0.1) is 6.61 Å². The molecule has 0 spiro atoms. The Hall–Kier alpha value is -2.13. The second kappa shape index (κ2) is 11.5. The van der Waals surface area contributed by atoms with Crippen molar-refractivity contribution in [3.8, 4) is 0 Å². The lowest BCUT2D eigenvalue weighted by molar-refractivity contribution is -0.128. The fraction of sp³-hybridized carbons (Fsp3) is 0.435. The summed E-state index contributed by atoms with van der Waals surface area (Å²) in [6, 6.07) is 19.9. The number of carbonyl (C=O) groups is 1. The van der Waals surface area contributed by atoms with E-state index in [-0.39, 0.29) is 0 Å². The highest BCUT2D eigenvalue weighted by atomic mass is 16.5. The second-order valence-electron chi connectivity index (χ2n) is 6.71. The zero-order valence-electron chi connectivity index (χ0n) is 16.1. The monoisotopic (exact) mass is 353 g/mol. The van der Waals surface area contributed by atoms with E-state index in [1.165, 1.54) is 37.9 Å². The van der Waals surface area contributed by atoms with Crippen molar-refractivity contribution < 1.29 is 9.53 Å². The van der Waals surface area contributed by atoms with Crippen LogP contribution in [0.15, 0.2) is 54.6 Å². The number of hydrogen-bond donors (Lipinski definition) is 0. The summed E-state index contributed by atoms with van der Waals surface area (Å²) in [6.07, 6.45) is 3.75. The molecule has 3 heteroatoms. The second-order valence-corrected chi connectivity index (χ2v) is 6.71. The van der Waals surface area contributed by atoms with Crippen molar-refractivity contribution in [2.45, 2.75) is 45.6 Å². The Morgan fingerprint density at radius 2 is 1.81 bits per heavy atom. The molecule has 1 aliphatic heterocycles. The summed E-state index contributed by atoms with van der Waals surface area (Å²) in [7, 11) is 0. The van der Waals surface area contributed by atoms with Gasteiger partial charge in [-0.25, -0.2) is 0 Å². The summed E-state index contributed by atoms with van der Waals surface area (Å²) in [4.78, 5) is 11.8. The standard InChI is InChI=1S/C20H25N.C3H6O2/c1-2-8-18-11-6-7-12-20(18)19-13-14-21(16-19)15-17-9-4-3-5-10-17;1-2-5-3-4/h3-7,9-12,19H,2,8,13-16H2,1H3;3H,2H2,1H3. The highest BCUT2D eigenvalue weighted by Gasteiger charge is 2.25. The molecule has 1 fully saturated rings. The lowest BCUT2D eigenvalue weighted by atomic mass is 9.91. The summed E-state index contributed by atoms with van der Waals surface area (Å²) in [5, 5.41) is 0. The molecule has 1 aliphatic rings. The van der Waals surface area contributed by atoms with E-state index in [1.807, 2.05) is 0 Å². The lowest BCUT2D eigenvalue weighted by Gasteiger charge is -2.18. The number of nitrogens with zero attached hydrogens (tertiary/aromatic N) is 1. The Labute approximate surface area is 158 Å². The molecule has 0 radical (unpaired) electrons. The van der Waals surface area contributed by atoms with E-state index in [0.29, 0.717) is 13.1 Å². The Bertz CT molecular complexity index is 642. The molecule has 1 saturated heterocycles. The van der Waals surface area contributed by atoms with Gasteiger partial charge in [-0.05, 0) is 48.9 Å². The summed E-state index contributed by atoms with van der Waals surface area (Å²) < 4.78 is 4.15. The van der Waals surface area contributed by atoms with Crippen LogP contribution in [0.25, 0.3) is 0 Å². The first-order chi connectivity index (χ1) is 12.8. The van der Waals surface area contributed by atoms with Gasteiger partial charge in [0.25, 0.3) is 6.47 Å². The molecule has 26 heavy (non-hydrogen) atoms. The van der Waals surface area contributed by atoms with Crippen LogP contribution in [0.1, 0.15) is 49.3 Å². The van der Waals surface area contributed by atoms with Gasteiger partial charge in [0.1, 0.15) is 0 Å². The van der Waals surface area contributed by atoms with E-state index in [9.17, 15) is 4.79 Å². The fourth-order valence-corrected chi connectivity index (χ4v) is 3.57. The summed E-state index contributed by atoms with van der Waals surface area (Å²) in [6.45, 7) is 8.45. The predicted molar refractivity (Wildman–Crippen MR) is 107 cm³/mol. The zero-order valence-corrected chi connectivity index (χ0v) is 16.1. The molecule has 0 aliphatic carbocycles. The van der Waals surface area contributed by atoms with Gasteiger partial charge in [0.15, 0.2) is 0 Å². The minimum absolute atomic E-state index is 0.431. The molecule has 2 aromatic carbocycles. The van der Waals surface area contributed by atoms with E-state index >= 15 is 0 Å². The van der Waals surface area contributed by atoms with Crippen LogP contribution in [-0.4, -0.2) is 31.1 Å².